The summed E-state index contributed by atoms with van der Waals surface area (Å²) < 4.78 is 16.3. The zero-order valence-electron chi connectivity index (χ0n) is 15.0. The highest BCUT2D eigenvalue weighted by Gasteiger charge is 2.07. The maximum Gasteiger partial charge on any atom is 0.305 e. The molecule has 2 rings (SSSR count). The van der Waals surface area contributed by atoms with Crippen LogP contribution in [0.25, 0.3) is 0 Å². The maximum atomic E-state index is 11.3. The van der Waals surface area contributed by atoms with Crippen molar-refractivity contribution in [2.45, 2.75) is 39.2 Å². The minimum Gasteiger partial charge on any atom is -0.493 e. The number of carbonyl (C=O) groups is 1. The molecule has 134 valence electrons. The first-order chi connectivity index (χ1) is 12.2. The Balaban J connectivity index is 1.84. The number of aryl methyl sites for hydroxylation is 1. The van der Waals surface area contributed by atoms with Crippen LogP contribution >= 0.6 is 0 Å². The van der Waals surface area contributed by atoms with E-state index in [0.29, 0.717) is 19.6 Å². The van der Waals surface area contributed by atoms with Crippen LogP contribution in [-0.4, -0.2) is 19.7 Å². The fourth-order valence-electron chi connectivity index (χ4n) is 2.55. The van der Waals surface area contributed by atoms with Crippen LogP contribution in [0.4, 0.5) is 0 Å². The SMILES string of the molecule is CCOC(=O)CCCCc1ccc(OCc2ccccc2)c(OC)c1. The van der Waals surface area contributed by atoms with Gasteiger partial charge in [-0.1, -0.05) is 36.4 Å². The number of benzene rings is 2. The number of ether oxygens (including phenoxy) is 3. The monoisotopic (exact) mass is 342 g/mol. The van der Waals surface area contributed by atoms with E-state index in [9.17, 15) is 4.79 Å². The zero-order chi connectivity index (χ0) is 17.9. The minimum atomic E-state index is -0.121. The van der Waals surface area contributed by atoms with Gasteiger partial charge >= 0.3 is 5.97 Å². The highest BCUT2D eigenvalue weighted by atomic mass is 16.5. The number of unbranched alkanes of at least 4 members (excludes halogenated alkanes) is 1. The summed E-state index contributed by atoms with van der Waals surface area (Å²) in [5, 5.41) is 0. The van der Waals surface area contributed by atoms with E-state index in [0.717, 1.165) is 36.3 Å². The third kappa shape index (κ3) is 6.49. The molecule has 2 aromatic carbocycles. The van der Waals surface area contributed by atoms with Crippen LogP contribution in [0.1, 0.15) is 37.3 Å². The van der Waals surface area contributed by atoms with Gasteiger partial charge in [0.2, 0.25) is 0 Å². The lowest BCUT2D eigenvalue weighted by atomic mass is 10.1. The Kier molecular flexibility index (Phi) is 7.83. The van der Waals surface area contributed by atoms with E-state index in [-0.39, 0.29) is 5.97 Å². The quantitative estimate of drug-likeness (QED) is 0.469. The smallest absolute Gasteiger partial charge is 0.305 e. The standard InChI is InChI=1S/C21H26O4/c1-3-24-21(22)12-8-7-9-17-13-14-19(20(15-17)23-2)25-16-18-10-5-4-6-11-18/h4-6,10-11,13-15H,3,7-9,12,16H2,1-2H3. The van der Waals surface area contributed by atoms with E-state index in [4.69, 9.17) is 14.2 Å². The summed E-state index contributed by atoms with van der Waals surface area (Å²) in [6.07, 6.45) is 3.14. The second kappa shape index (κ2) is 10.4. The molecule has 0 unspecified atom stereocenters. The van der Waals surface area contributed by atoms with Crippen LogP contribution in [-0.2, 0) is 22.6 Å². The fourth-order valence-corrected chi connectivity index (χ4v) is 2.55. The second-order valence-electron chi connectivity index (χ2n) is 5.77. The summed E-state index contributed by atoms with van der Waals surface area (Å²) in [5.41, 5.74) is 2.29. The van der Waals surface area contributed by atoms with Crippen molar-refractivity contribution in [2.24, 2.45) is 0 Å². The van der Waals surface area contributed by atoms with Gasteiger partial charge in [-0.3, -0.25) is 4.79 Å². The van der Waals surface area contributed by atoms with Gasteiger partial charge in [-0.25, -0.2) is 0 Å². The maximum absolute atomic E-state index is 11.3. The van der Waals surface area contributed by atoms with Gasteiger partial charge in [0, 0.05) is 6.42 Å². The summed E-state index contributed by atoms with van der Waals surface area (Å²) >= 11 is 0. The molecule has 0 spiro atoms. The molecular weight excluding hydrogens is 316 g/mol. The molecule has 0 aliphatic rings. The fraction of sp³-hybridized carbons (Fsp3) is 0.381. The molecule has 4 heteroatoms. The van der Waals surface area contributed by atoms with Gasteiger partial charge in [-0.05, 0) is 49.4 Å². The lowest BCUT2D eigenvalue weighted by molar-refractivity contribution is -0.143. The number of hydrogen-bond donors (Lipinski definition) is 0. The summed E-state index contributed by atoms with van der Waals surface area (Å²) in [6.45, 7) is 2.78. The molecular formula is C21H26O4. The predicted octanol–water partition coefficient (Wildman–Crippen LogP) is 4.55. The molecule has 0 aliphatic carbocycles. The topological polar surface area (TPSA) is 44.8 Å². The van der Waals surface area contributed by atoms with Crippen molar-refractivity contribution in [1.82, 2.24) is 0 Å². The van der Waals surface area contributed by atoms with E-state index < -0.39 is 0 Å². The molecule has 0 atom stereocenters. The largest absolute Gasteiger partial charge is 0.493 e. The van der Waals surface area contributed by atoms with Crippen molar-refractivity contribution in [3.8, 4) is 11.5 Å². The van der Waals surface area contributed by atoms with E-state index in [2.05, 4.69) is 0 Å². The van der Waals surface area contributed by atoms with Gasteiger partial charge in [0.1, 0.15) is 6.61 Å². The number of methoxy groups -OCH3 is 1. The number of hydrogen-bond acceptors (Lipinski definition) is 4. The average Bonchev–Trinajstić information content (AvgIpc) is 2.65. The van der Waals surface area contributed by atoms with Crippen molar-refractivity contribution in [2.75, 3.05) is 13.7 Å². The first kappa shape index (κ1) is 18.8. The van der Waals surface area contributed by atoms with Crippen LogP contribution in [0.5, 0.6) is 11.5 Å². The highest BCUT2D eigenvalue weighted by Crippen LogP contribution is 2.29. The molecule has 0 radical (unpaired) electrons. The molecule has 0 saturated carbocycles. The Morgan fingerprint density at radius 3 is 2.48 bits per heavy atom. The lowest BCUT2D eigenvalue weighted by Gasteiger charge is -2.12. The van der Waals surface area contributed by atoms with E-state index >= 15 is 0 Å². The van der Waals surface area contributed by atoms with Crippen molar-refractivity contribution in [3.63, 3.8) is 0 Å². The van der Waals surface area contributed by atoms with Gasteiger partial charge < -0.3 is 14.2 Å². The van der Waals surface area contributed by atoms with Crippen LogP contribution < -0.4 is 9.47 Å². The first-order valence-electron chi connectivity index (χ1n) is 8.72. The molecule has 0 saturated heterocycles. The van der Waals surface area contributed by atoms with Crippen molar-refractivity contribution < 1.29 is 19.0 Å². The Labute approximate surface area is 149 Å². The lowest BCUT2D eigenvalue weighted by Crippen LogP contribution is -2.03. The van der Waals surface area contributed by atoms with Crippen molar-refractivity contribution in [3.05, 3.63) is 59.7 Å². The first-order valence-corrected chi connectivity index (χ1v) is 8.72. The summed E-state index contributed by atoms with van der Waals surface area (Å²) in [7, 11) is 1.65. The molecule has 2 aromatic rings. The summed E-state index contributed by atoms with van der Waals surface area (Å²) in [6, 6.07) is 16.0. The second-order valence-corrected chi connectivity index (χ2v) is 5.77. The van der Waals surface area contributed by atoms with E-state index in [1.165, 1.54) is 5.56 Å². The van der Waals surface area contributed by atoms with E-state index in [1.807, 2.05) is 55.5 Å². The molecule has 0 heterocycles. The molecule has 25 heavy (non-hydrogen) atoms. The Bertz CT molecular complexity index is 652. The normalized spacial score (nSPS) is 10.3. The summed E-state index contributed by atoms with van der Waals surface area (Å²) in [4.78, 5) is 11.3. The Hall–Kier alpha value is -2.49. The highest BCUT2D eigenvalue weighted by molar-refractivity contribution is 5.69. The number of carbonyl (C=O) groups excluding carboxylic acids is 1. The third-order valence-electron chi connectivity index (χ3n) is 3.87. The zero-order valence-corrected chi connectivity index (χ0v) is 15.0. The van der Waals surface area contributed by atoms with Crippen molar-refractivity contribution >= 4 is 5.97 Å². The Morgan fingerprint density at radius 2 is 1.76 bits per heavy atom. The van der Waals surface area contributed by atoms with Crippen LogP contribution in [0.3, 0.4) is 0 Å². The molecule has 0 fully saturated rings. The average molecular weight is 342 g/mol. The molecule has 0 N–H and O–H groups in total. The molecule has 0 bridgehead atoms. The molecule has 4 nitrogen and oxygen atoms in total. The Morgan fingerprint density at radius 1 is 0.960 bits per heavy atom. The third-order valence-corrected chi connectivity index (χ3v) is 3.87. The van der Waals surface area contributed by atoms with E-state index in [1.54, 1.807) is 7.11 Å². The van der Waals surface area contributed by atoms with Gasteiger partial charge in [0.15, 0.2) is 11.5 Å². The van der Waals surface area contributed by atoms with Gasteiger partial charge in [0.05, 0.1) is 13.7 Å². The van der Waals surface area contributed by atoms with Gasteiger partial charge in [0.25, 0.3) is 0 Å². The van der Waals surface area contributed by atoms with Crippen molar-refractivity contribution in [1.29, 1.82) is 0 Å². The van der Waals surface area contributed by atoms with Gasteiger partial charge in [-0.2, -0.15) is 0 Å². The van der Waals surface area contributed by atoms with Crippen LogP contribution in [0.2, 0.25) is 0 Å². The predicted molar refractivity (Wildman–Crippen MR) is 98.0 cm³/mol. The number of esters is 1. The van der Waals surface area contributed by atoms with Crippen LogP contribution in [0, 0.1) is 0 Å². The molecule has 0 amide bonds. The van der Waals surface area contributed by atoms with Gasteiger partial charge in [-0.15, -0.1) is 0 Å². The molecule has 0 aliphatic heterocycles. The summed E-state index contributed by atoms with van der Waals surface area (Å²) in [5.74, 6) is 1.35. The molecule has 0 aromatic heterocycles. The van der Waals surface area contributed by atoms with Crippen LogP contribution in [0.15, 0.2) is 48.5 Å². The number of rotatable bonds is 10. The minimum absolute atomic E-state index is 0.121.